The van der Waals surface area contributed by atoms with Crippen LogP contribution >= 0.6 is 23.4 Å². The highest BCUT2D eigenvalue weighted by Gasteiger charge is 2.18. The third-order valence-electron chi connectivity index (χ3n) is 2.59. The van der Waals surface area contributed by atoms with E-state index in [0.717, 1.165) is 25.9 Å². The van der Waals surface area contributed by atoms with Gasteiger partial charge in [-0.1, -0.05) is 11.8 Å². The number of halogens is 1. The molecule has 1 N–H and O–H groups in total. The average molecular weight is 288 g/mol. The lowest BCUT2D eigenvalue weighted by atomic mass is 10.4. The summed E-state index contributed by atoms with van der Waals surface area (Å²) in [6.07, 6.45) is 2.19. The van der Waals surface area contributed by atoms with Crippen LogP contribution in [0.5, 0.6) is 0 Å². The standard InChI is InChI=1S/C10H14ClN5OS/c1-12-9-13-8(11)14-10(15-9)18-6-7(17)16-4-2-3-5-16/h2-6H2,1H3,(H,12,13,14,15). The fourth-order valence-corrected chi connectivity index (χ4v) is 2.64. The summed E-state index contributed by atoms with van der Waals surface area (Å²) in [5, 5.41) is 3.39. The predicted octanol–water partition coefficient (Wildman–Crippen LogP) is 1.28. The second kappa shape index (κ2) is 6.19. The van der Waals surface area contributed by atoms with E-state index in [1.807, 2.05) is 4.90 Å². The Labute approximate surface area is 115 Å². The van der Waals surface area contributed by atoms with Crippen molar-refractivity contribution in [2.24, 2.45) is 0 Å². The van der Waals surface area contributed by atoms with Gasteiger partial charge in [0, 0.05) is 20.1 Å². The van der Waals surface area contributed by atoms with Gasteiger partial charge < -0.3 is 10.2 Å². The molecule has 0 atom stereocenters. The van der Waals surface area contributed by atoms with Gasteiger partial charge in [-0.15, -0.1) is 0 Å². The molecule has 1 saturated heterocycles. The minimum Gasteiger partial charge on any atom is -0.357 e. The van der Waals surface area contributed by atoms with Crippen LogP contribution in [-0.4, -0.2) is 51.6 Å². The number of amides is 1. The van der Waals surface area contributed by atoms with E-state index < -0.39 is 0 Å². The van der Waals surface area contributed by atoms with Crippen molar-refractivity contribution in [3.8, 4) is 0 Å². The highest BCUT2D eigenvalue weighted by Crippen LogP contribution is 2.18. The maximum Gasteiger partial charge on any atom is 0.233 e. The summed E-state index contributed by atoms with van der Waals surface area (Å²) in [7, 11) is 1.70. The third kappa shape index (κ3) is 3.46. The lowest BCUT2D eigenvalue weighted by Crippen LogP contribution is -2.29. The monoisotopic (exact) mass is 287 g/mol. The molecule has 1 aliphatic rings. The van der Waals surface area contributed by atoms with Gasteiger partial charge in [0.05, 0.1) is 5.75 Å². The van der Waals surface area contributed by atoms with Crippen LogP contribution in [-0.2, 0) is 4.79 Å². The maximum absolute atomic E-state index is 11.8. The summed E-state index contributed by atoms with van der Waals surface area (Å²) in [5.41, 5.74) is 0. The molecule has 0 spiro atoms. The van der Waals surface area contributed by atoms with Crippen molar-refractivity contribution in [3.05, 3.63) is 5.28 Å². The molecule has 1 amide bonds. The Bertz CT molecular complexity index is 438. The van der Waals surface area contributed by atoms with Crippen LogP contribution in [0.25, 0.3) is 0 Å². The topological polar surface area (TPSA) is 71.0 Å². The van der Waals surface area contributed by atoms with E-state index in [1.165, 1.54) is 11.8 Å². The van der Waals surface area contributed by atoms with Gasteiger partial charge in [-0.3, -0.25) is 4.79 Å². The molecule has 1 aliphatic heterocycles. The van der Waals surface area contributed by atoms with Crippen LogP contribution in [0.2, 0.25) is 5.28 Å². The van der Waals surface area contributed by atoms with Gasteiger partial charge in [0.2, 0.25) is 17.1 Å². The number of anilines is 1. The smallest absolute Gasteiger partial charge is 0.233 e. The molecule has 0 radical (unpaired) electrons. The second-order valence-electron chi connectivity index (χ2n) is 3.84. The number of carbonyl (C=O) groups excluding carboxylic acids is 1. The van der Waals surface area contributed by atoms with Crippen molar-refractivity contribution in [3.63, 3.8) is 0 Å². The number of carbonyl (C=O) groups is 1. The molecule has 1 aromatic rings. The van der Waals surface area contributed by atoms with Gasteiger partial charge >= 0.3 is 0 Å². The molecule has 0 aromatic carbocycles. The lowest BCUT2D eigenvalue weighted by Gasteiger charge is -2.14. The number of likely N-dealkylation sites (tertiary alicyclic amines) is 1. The van der Waals surface area contributed by atoms with Crippen molar-refractivity contribution in [2.75, 3.05) is 31.2 Å². The van der Waals surface area contributed by atoms with E-state index in [0.29, 0.717) is 16.9 Å². The first-order valence-corrected chi connectivity index (χ1v) is 7.05. The van der Waals surface area contributed by atoms with Crippen molar-refractivity contribution in [1.29, 1.82) is 0 Å². The largest absolute Gasteiger partial charge is 0.357 e. The average Bonchev–Trinajstić information content (AvgIpc) is 2.89. The molecule has 6 nitrogen and oxygen atoms in total. The minimum absolute atomic E-state index is 0.125. The first-order chi connectivity index (χ1) is 8.69. The Morgan fingerprint density at radius 1 is 1.39 bits per heavy atom. The number of rotatable bonds is 4. The number of hydrogen-bond donors (Lipinski definition) is 1. The highest BCUT2D eigenvalue weighted by atomic mass is 35.5. The van der Waals surface area contributed by atoms with Crippen LogP contribution in [0.3, 0.4) is 0 Å². The van der Waals surface area contributed by atoms with Crippen molar-refractivity contribution < 1.29 is 4.79 Å². The third-order valence-corrected chi connectivity index (χ3v) is 3.60. The summed E-state index contributed by atoms with van der Waals surface area (Å²) in [4.78, 5) is 25.7. The van der Waals surface area contributed by atoms with E-state index in [9.17, 15) is 4.79 Å². The molecule has 98 valence electrons. The Morgan fingerprint density at radius 3 is 2.78 bits per heavy atom. The summed E-state index contributed by atoms with van der Waals surface area (Å²) in [6.45, 7) is 1.72. The van der Waals surface area contributed by atoms with E-state index in [1.54, 1.807) is 7.05 Å². The van der Waals surface area contributed by atoms with Gasteiger partial charge in [0.25, 0.3) is 0 Å². The van der Waals surface area contributed by atoms with E-state index >= 15 is 0 Å². The number of nitrogens with zero attached hydrogens (tertiary/aromatic N) is 4. The minimum atomic E-state index is 0.125. The van der Waals surface area contributed by atoms with Gasteiger partial charge in [-0.05, 0) is 24.4 Å². The molecule has 0 aliphatic carbocycles. The van der Waals surface area contributed by atoms with Crippen LogP contribution in [0.1, 0.15) is 12.8 Å². The van der Waals surface area contributed by atoms with Crippen molar-refractivity contribution >= 4 is 35.2 Å². The molecule has 0 saturated carbocycles. The molecule has 1 aromatic heterocycles. The Kier molecular flexibility index (Phi) is 4.60. The first kappa shape index (κ1) is 13.4. The van der Waals surface area contributed by atoms with Gasteiger partial charge in [0.15, 0.2) is 5.16 Å². The second-order valence-corrected chi connectivity index (χ2v) is 5.12. The first-order valence-electron chi connectivity index (χ1n) is 5.69. The molecule has 18 heavy (non-hydrogen) atoms. The molecule has 0 unspecified atom stereocenters. The lowest BCUT2D eigenvalue weighted by molar-refractivity contribution is -0.127. The fraction of sp³-hybridized carbons (Fsp3) is 0.600. The summed E-state index contributed by atoms with van der Waals surface area (Å²) in [6, 6.07) is 0. The quantitative estimate of drug-likeness (QED) is 0.841. The van der Waals surface area contributed by atoms with Gasteiger partial charge in [-0.2, -0.15) is 15.0 Å². The zero-order valence-corrected chi connectivity index (χ0v) is 11.6. The van der Waals surface area contributed by atoms with Crippen molar-refractivity contribution in [1.82, 2.24) is 19.9 Å². The number of thioether (sulfide) groups is 1. The molecule has 2 heterocycles. The number of aromatic nitrogens is 3. The SMILES string of the molecule is CNc1nc(Cl)nc(SCC(=O)N2CCCC2)n1. The number of hydrogen-bond acceptors (Lipinski definition) is 6. The Balaban J connectivity index is 1.92. The summed E-state index contributed by atoms with van der Waals surface area (Å²) in [5.74, 6) is 0.870. The van der Waals surface area contributed by atoms with Crippen molar-refractivity contribution in [2.45, 2.75) is 18.0 Å². The highest BCUT2D eigenvalue weighted by molar-refractivity contribution is 7.99. The maximum atomic E-state index is 11.8. The van der Waals surface area contributed by atoms with E-state index in [4.69, 9.17) is 11.6 Å². The molecule has 2 rings (SSSR count). The van der Waals surface area contributed by atoms with Gasteiger partial charge in [-0.25, -0.2) is 0 Å². The number of nitrogens with one attached hydrogen (secondary N) is 1. The van der Waals surface area contributed by atoms with E-state index in [2.05, 4.69) is 20.3 Å². The Morgan fingerprint density at radius 2 is 2.11 bits per heavy atom. The zero-order chi connectivity index (χ0) is 13.0. The molecule has 8 heteroatoms. The summed E-state index contributed by atoms with van der Waals surface area (Å²) >= 11 is 7.04. The Hall–Kier alpha value is -1.08. The molecular weight excluding hydrogens is 274 g/mol. The van der Waals surface area contributed by atoms with Crippen LogP contribution in [0.15, 0.2) is 5.16 Å². The van der Waals surface area contributed by atoms with Crippen LogP contribution in [0, 0.1) is 0 Å². The molecule has 1 fully saturated rings. The summed E-state index contributed by atoms with van der Waals surface area (Å²) < 4.78 is 0. The van der Waals surface area contributed by atoms with Crippen LogP contribution < -0.4 is 5.32 Å². The van der Waals surface area contributed by atoms with Gasteiger partial charge in [0.1, 0.15) is 0 Å². The molecule has 0 bridgehead atoms. The van der Waals surface area contributed by atoms with Crippen LogP contribution in [0.4, 0.5) is 5.95 Å². The normalized spacial score (nSPS) is 14.9. The fourth-order valence-electron chi connectivity index (χ4n) is 1.69. The molecular formula is C10H14ClN5OS. The van der Waals surface area contributed by atoms with E-state index in [-0.39, 0.29) is 11.2 Å². The zero-order valence-electron chi connectivity index (χ0n) is 10.0. The predicted molar refractivity (Wildman–Crippen MR) is 70.9 cm³/mol.